The number of quaternary nitrogens is 1. The average molecular weight is 1320 g/mol. The van der Waals surface area contributed by atoms with Crippen LogP contribution in [-0.4, -0.2) is 73.4 Å². The molecule has 3 unspecified atom stereocenters. The molecule has 8 nitrogen and oxygen atoms in total. The molecule has 0 heterocycles. The Hall–Kier alpha value is -1.54. The molecule has 0 fully saturated rings. The van der Waals surface area contributed by atoms with E-state index in [0.717, 1.165) is 44.9 Å². The first-order valence-electron chi connectivity index (χ1n) is 41.0. The number of carbonyl (C=O) groups is 1. The highest BCUT2D eigenvalue weighted by molar-refractivity contribution is 7.47. The topological polar surface area (TPSA) is 105 Å². The number of hydrogen-bond acceptors (Lipinski definition) is 5. The maximum Gasteiger partial charge on any atom is 0.472 e. The molecule has 0 bridgehead atoms. The first kappa shape index (κ1) is 90.5. The van der Waals surface area contributed by atoms with Crippen molar-refractivity contribution in [3.63, 3.8) is 0 Å². The van der Waals surface area contributed by atoms with Gasteiger partial charge in [-0.15, -0.1) is 0 Å². The number of phosphoric acid groups is 1. The van der Waals surface area contributed by atoms with Crippen LogP contribution in [0, 0.1) is 0 Å². The van der Waals surface area contributed by atoms with Gasteiger partial charge in [-0.1, -0.05) is 409 Å². The van der Waals surface area contributed by atoms with E-state index in [-0.39, 0.29) is 19.1 Å². The van der Waals surface area contributed by atoms with Crippen LogP contribution in [-0.2, 0) is 18.4 Å². The Balaban J connectivity index is 3.91. The Labute approximate surface area is 575 Å². The van der Waals surface area contributed by atoms with Gasteiger partial charge < -0.3 is 19.8 Å². The molecule has 1 amide bonds. The molecule has 0 rings (SSSR count). The minimum absolute atomic E-state index is 0.0638. The van der Waals surface area contributed by atoms with Gasteiger partial charge in [0.05, 0.1) is 39.9 Å². The summed E-state index contributed by atoms with van der Waals surface area (Å²) in [7, 11) is 1.59. The number of allylic oxidation sites excluding steroid dienone is 7. The van der Waals surface area contributed by atoms with Crippen molar-refractivity contribution in [2.45, 2.75) is 437 Å². The van der Waals surface area contributed by atoms with Crippen LogP contribution < -0.4 is 5.32 Å². The zero-order valence-corrected chi connectivity index (χ0v) is 63.5. The quantitative estimate of drug-likeness (QED) is 0.0243. The Morgan fingerprint density at radius 2 is 0.620 bits per heavy atom. The Morgan fingerprint density at radius 1 is 0.370 bits per heavy atom. The summed E-state index contributed by atoms with van der Waals surface area (Å²) < 4.78 is 23.9. The summed E-state index contributed by atoms with van der Waals surface area (Å²) >= 11 is 0. The molecule has 0 aromatic carbocycles. The van der Waals surface area contributed by atoms with Crippen molar-refractivity contribution < 1.29 is 32.9 Å². The molecule has 0 aromatic rings. The monoisotopic (exact) mass is 1310 g/mol. The molecular weight excluding hydrogens is 1150 g/mol. The number of unbranched alkanes of at least 4 members (excludes halogenated alkanes) is 58. The summed E-state index contributed by atoms with van der Waals surface area (Å²) in [6, 6.07) is -0.847. The summed E-state index contributed by atoms with van der Waals surface area (Å²) in [6.07, 6.45) is 102. The molecule has 0 saturated heterocycles. The molecule has 3 atom stereocenters. The lowest BCUT2D eigenvalue weighted by atomic mass is 10.0. The minimum Gasteiger partial charge on any atom is -0.387 e. The molecule has 544 valence electrons. The second kappa shape index (κ2) is 73.7. The van der Waals surface area contributed by atoms with Crippen LogP contribution in [0.3, 0.4) is 0 Å². The predicted molar refractivity (Wildman–Crippen MR) is 406 cm³/mol. The van der Waals surface area contributed by atoms with Crippen LogP contribution in [0.4, 0.5) is 0 Å². The Bertz CT molecular complexity index is 1640. The minimum atomic E-state index is -4.36. The van der Waals surface area contributed by atoms with Crippen molar-refractivity contribution in [1.29, 1.82) is 0 Å². The van der Waals surface area contributed by atoms with Gasteiger partial charge in [0, 0.05) is 6.42 Å². The molecule has 3 N–H and O–H groups in total. The second-order valence-corrected chi connectivity index (χ2v) is 31.0. The van der Waals surface area contributed by atoms with E-state index in [9.17, 15) is 19.4 Å². The van der Waals surface area contributed by atoms with Gasteiger partial charge in [-0.2, -0.15) is 0 Å². The van der Waals surface area contributed by atoms with Gasteiger partial charge in [0.1, 0.15) is 13.2 Å². The third kappa shape index (κ3) is 75.8. The SMILES string of the molecule is CCCCCCC/C=C\C/C=C\C/C=C\CCCCCCCCCCCCCCCCCCCCCCCCCCCCC(=O)NC(COP(=O)(O)OCC[N+](C)(C)C)C(O)/C=C/CCCCCCCCCCCCCCCCCCCCCCCCCCCCC. The molecule has 0 radical (unpaired) electrons. The highest BCUT2D eigenvalue weighted by atomic mass is 31.2. The zero-order chi connectivity index (χ0) is 66.9. The molecule has 0 aliphatic rings. The number of aliphatic hydroxyl groups is 1. The van der Waals surface area contributed by atoms with Crippen molar-refractivity contribution in [3.8, 4) is 0 Å². The number of nitrogens with one attached hydrogen (secondary N) is 1. The third-order valence-corrected chi connectivity index (χ3v) is 20.0. The van der Waals surface area contributed by atoms with Crippen molar-refractivity contribution in [3.05, 3.63) is 48.6 Å². The lowest BCUT2D eigenvalue weighted by Gasteiger charge is -2.25. The standard InChI is InChI=1S/C83H161N2O6P/c1-6-8-10-12-14-16-18-20-22-24-26-28-30-32-34-36-37-38-39-40-41-42-43-44-45-46-47-49-51-53-55-57-59-61-63-65-67-69-71-73-75-77-83(87)84-81(80-91-92(88,89)90-79-78-85(3,4)5)82(86)76-74-72-70-68-66-64-62-60-58-56-54-52-50-48-35-33-31-29-27-25-23-21-19-17-15-13-11-9-7-2/h18,20,24,26,30,32,74,76,81-82,86H,6-17,19,21-23,25,27-29,31,33-73,75,77-80H2,1-5H3,(H-,84,87,88,89)/p+1/b20-18-,26-24-,32-30-,76-74+. The molecule has 0 spiro atoms. The maximum atomic E-state index is 13.1. The molecule has 9 heteroatoms. The van der Waals surface area contributed by atoms with Crippen LogP contribution in [0.25, 0.3) is 0 Å². The van der Waals surface area contributed by atoms with Crippen LogP contribution in [0.2, 0.25) is 0 Å². The number of likely N-dealkylation sites (N-methyl/N-ethyl adjacent to an activating group) is 1. The number of hydrogen-bond donors (Lipinski definition) is 3. The summed E-state index contributed by atoms with van der Waals surface area (Å²) in [5.74, 6) is -0.167. The van der Waals surface area contributed by atoms with Gasteiger partial charge in [-0.05, 0) is 57.8 Å². The van der Waals surface area contributed by atoms with E-state index in [0.29, 0.717) is 17.4 Å². The highest BCUT2D eigenvalue weighted by Gasteiger charge is 2.28. The fourth-order valence-electron chi connectivity index (χ4n) is 12.7. The number of aliphatic hydroxyl groups excluding tert-OH is 1. The Kier molecular flexibility index (Phi) is 72.5. The summed E-state index contributed by atoms with van der Waals surface area (Å²) in [5, 5.41) is 14.1. The predicted octanol–water partition coefficient (Wildman–Crippen LogP) is 26.9. The first-order valence-corrected chi connectivity index (χ1v) is 42.5. The lowest BCUT2D eigenvalue weighted by molar-refractivity contribution is -0.870. The number of phosphoric ester groups is 1. The van der Waals surface area contributed by atoms with Gasteiger partial charge in [-0.25, -0.2) is 4.57 Å². The van der Waals surface area contributed by atoms with Gasteiger partial charge in [-0.3, -0.25) is 13.8 Å². The normalized spacial score (nSPS) is 13.7. The number of rotatable bonds is 77. The van der Waals surface area contributed by atoms with E-state index >= 15 is 0 Å². The van der Waals surface area contributed by atoms with Crippen LogP contribution in [0.1, 0.15) is 425 Å². The molecule has 92 heavy (non-hydrogen) atoms. The smallest absolute Gasteiger partial charge is 0.387 e. The lowest BCUT2D eigenvalue weighted by Crippen LogP contribution is -2.45. The van der Waals surface area contributed by atoms with Gasteiger partial charge in [0.25, 0.3) is 0 Å². The third-order valence-electron chi connectivity index (χ3n) is 19.0. The first-order chi connectivity index (χ1) is 45.0. The van der Waals surface area contributed by atoms with Crippen molar-refractivity contribution in [1.82, 2.24) is 5.32 Å². The molecule has 0 aromatic heterocycles. The van der Waals surface area contributed by atoms with E-state index in [1.807, 2.05) is 27.2 Å². The van der Waals surface area contributed by atoms with Crippen LogP contribution in [0.5, 0.6) is 0 Å². The van der Waals surface area contributed by atoms with Crippen molar-refractivity contribution in [2.75, 3.05) is 40.9 Å². The van der Waals surface area contributed by atoms with Gasteiger partial charge in [0.15, 0.2) is 0 Å². The van der Waals surface area contributed by atoms with E-state index in [1.165, 1.54) is 360 Å². The Morgan fingerprint density at radius 3 is 0.902 bits per heavy atom. The molecular formula is C83H162N2O6P+. The molecule has 0 aliphatic heterocycles. The summed E-state index contributed by atoms with van der Waals surface area (Å²) in [6.45, 7) is 4.87. The fraction of sp³-hybridized carbons (Fsp3) is 0.892. The molecule has 0 saturated carbocycles. The number of carbonyl (C=O) groups excluding carboxylic acids is 1. The van der Waals surface area contributed by atoms with E-state index in [2.05, 4.69) is 55.6 Å². The molecule has 0 aliphatic carbocycles. The summed E-state index contributed by atoms with van der Waals surface area (Å²) in [4.78, 5) is 23.5. The van der Waals surface area contributed by atoms with Gasteiger partial charge in [0.2, 0.25) is 5.91 Å². The van der Waals surface area contributed by atoms with E-state index in [4.69, 9.17) is 9.05 Å². The van der Waals surface area contributed by atoms with Crippen LogP contribution in [0.15, 0.2) is 48.6 Å². The number of nitrogens with zero attached hydrogens (tertiary/aromatic N) is 1. The second-order valence-electron chi connectivity index (χ2n) is 29.5. The van der Waals surface area contributed by atoms with Crippen molar-refractivity contribution in [2.24, 2.45) is 0 Å². The largest absolute Gasteiger partial charge is 0.472 e. The number of amides is 1. The average Bonchev–Trinajstić information content (AvgIpc) is 2.63. The fourth-order valence-corrected chi connectivity index (χ4v) is 13.4. The summed E-state index contributed by atoms with van der Waals surface area (Å²) in [5.41, 5.74) is 0. The maximum absolute atomic E-state index is 13.1. The van der Waals surface area contributed by atoms with Crippen LogP contribution >= 0.6 is 7.82 Å². The highest BCUT2D eigenvalue weighted by Crippen LogP contribution is 2.43. The van der Waals surface area contributed by atoms with E-state index < -0.39 is 20.0 Å². The van der Waals surface area contributed by atoms with Gasteiger partial charge >= 0.3 is 7.82 Å². The zero-order valence-electron chi connectivity index (χ0n) is 62.6. The van der Waals surface area contributed by atoms with Crippen molar-refractivity contribution >= 4 is 13.7 Å². The van der Waals surface area contributed by atoms with E-state index in [1.54, 1.807) is 6.08 Å².